The van der Waals surface area contributed by atoms with E-state index in [2.05, 4.69) is 56.9 Å². The molecule has 0 saturated heterocycles. The third-order valence-corrected chi connectivity index (χ3v) is 5.72. The number of amides is 3. The van der Waals surface area contributed by atoms with Gasteiger partial charge in [0, 0.05) is 19.2 Å². The molecular formula is C24H24F4N12O3. The SMILES string of the molecule is O=C(CCNC(=O)c1cn[nH]n1)Nc1ccc(CCC(F)Cn2cc(C(=O)NCc3cc(C(F)(F)F)ccn3)nn2)nn1. The van der Waals surface area contributed by atoms with Crippen LogP contribution in [0, 0.1) is 0 Å². The number of aromatic amines is 1. The molecule has 4 aromatic heterocycles. The molecule has 3 amide bonds. The van der Waals surface area contributed by atoms with Gasteiger partial charge in [-0.25, -0.2) is 9.07 Å². The second-order valence-electron chi connectivity index (χ2n) is 9.00. The predicted molar refractivity (Wildman–Crippen MR) is 138 cm³/mol. The van der Waals surface area contributed by atoms with Crippen LogP contribution in [0.3, 0.4) is 0 Å². The molecule has 0 aliphatic heterocycles. The number of hydrogen-bond donors (Lipinski definition) is 4. The first-order valence-corrected chi connectivity index (χ1v) is 12.7. The zero-order valence-electron chi connectivity index (χ0n) is 22.2. The van der Waals surface area contributed by atoms with E-state index < -0.39 is 35.6 Å². The highest BCUT2D eigenvalue weighted by Gasteiger charge is 2.30. The van der Waals surface area contributed by atoms with Crippen molar-refractivity contribution in [2.45, 2.75) is 44.7 Å². The van der Waals surface area contributed by atoms with Gasteiger partial charge in [-0.3, -0.25) is 19.4 Å². The number of alkyl halides is 4. The van der Waals surface area contributed by atoms with Crippen LogP contribution in [0.4, 0.5) is 23.4 Å². The Morgan fingerprint density at radius 1 is 1.00 bits per heavy atom. The summed E-state index contributed by atoms with van der Waals surface area (Å²) in [7, 11) is 0. The molecule has 4 aromatic rings. The summed E-state index contributed by atoms with van der Waals surface area (Å²) in [6, 6.07) is 4.74. The van der Waals surface area contributed by atoms with Gasteiger partial charge < -0.3 is 16.0 Å². The minimum absolute atomic E-state index is 0.00291. The second-order valence-corrected chi connectivity index (χ2v) is 9.00. The van der Waals surface area contributed by atoms with Gasteiger partial charge in [0.15, 0.2) is 17.2 Å². The number of aryl methyl sites for hydroxylation is 1. The van der Waals surface area contributed by atoms with Crippen molar-refractivity contribution in [2.24, 2.45) is 0 Å². The molecule has 1 atom stereocenters. The van der Waals surface area contributed by atoms with Crippen LogP contribution in [0.1, 0.15) is 50.8 Å². The first-order chi connectivity index (χ1) is 20.6. The monoisotopic (exact) mass is 604 g/mol. The fourth-order valence-electron chi connectivity index (χ4n) is 3.56. The van der Waals surface area contributed by atoms with E-state index in [1.165, 1.54) is 18.5 Å². The molecule has 0 aliphatic carbocycles. The number of aromatic nitrogens is 9. The molecule has 0 aromatic carbocycles. The van der Waals surface area contributed by atoms with Crippen molar-refractivity contribution < 1.29 is 31.9 Å². The van der Waals surface area contributed by atoms with E-state index in [0.717, 1.165) is 23.0 Å². The Morgan fingerprint density at radius 2 is 1.81 bits per heavy atom. The molecule has 0 bridgehead atoms. The number of rotatable bonds is 13. The van der Waals surface area contributed by atoms with E-state index in [1.54, 1.807) is 6.07 Å². The van der Waals surface area contributed by atoms with Gasteiger partial charge in [0.25, 0.3) is 11.8 Å². The summed E-state index contributed by atoms with van der Waals surface area (Å²) < 4.78 is 54.2. The number of hydrogen-bond acceptors (Lipinski definition) is 10. The summed E-state index contributed by atoms with van der Waals surface area (Å²) >= 11 is 0. The van der Waals surface area contributed by atoms with Crippen LogP contribution in [0.25, 0.3) is 0 Å². The number of halogens is 4. The Labute approximate surface area is 239 Å². The van der Waals surface area contributed by atoms with Gasteiger partial charge in [-0.15, -0.1) is 10.2 Å². The van der Waals surface area contributed by atoms with Gasteiger partial charge in [-0.1, -0.05) is 5.21 Å². The molecule has 0 spiro atoms. The molecule has 4 rings (SSSR count). The van der Waals surface area contributed by atoms with Gasteiger partial charge in [-0.05, 0) is 37.1 Å². The number of carbonyl (C=O) groups excluding carboxylic acids is 3. The molecule has 4 heterocycles. The molecule has 15 nitrogen and oxygen atoms in total. The van der Waals surface area contributed by atoms with E-state index >= 15 is 0 Å². The van der Waals surface area contributed by atoms with Crippen LogP contribution >= 0.6 is 0 Å². The number of nitrogens with one attached hydrogen (secondary N) is 4. The maximum atomic E-state index is 14.6. The van der Waals surface area contributed by atoms with Crippen LogP contribution in [0.2, 0.25) is 0 Å². The zero-order valence-corrected chi connectivity index (χ0v) is 22.2. The van der Waals surface area contributed by atoms with Gasteiger partial charge in [0.2, 0.25) is 5.91 Å². The Hall–Kier alpha value is -5.36. The summed E-state index contributed by atoms with van der Waals surface area (Å²) in [5, 5.41) is 32.2. The Morgan fingerprint density at radius 3 is 2.53 bits per heavy atom. The van der Waals surface area contributed by atoms with E-state index in [-0.39, 0.29) is 61.8 Å². The van der Waals surface area contributed by atoms with Crippen molar-refractivity contribution in [1.82, 2.24) is 56.2 Å². The highest BCUT2D eigenvalue weighted by molar-refractivity contribution is 5.93. The molecular weight excluding hydrogens is 580 g/mol. The minimum Gasteiger partial charge on any atom is -0.350 e. The Kier molecular flexibility index (Phi) is 9.97. The zero-order chi connectivity index (χ0) is 30.8. The number of nitrogens with zero attached hydrogens (tertiary/aromatic N) is 8. The van der Waals surface area contributed by atoms with Gasteiger partial charge >= 0.3 is 6.18 Å². The molecule has 1 unspecified atom stereocenters. The summed E-state index contributed by atoms with van der Waals surface area (Å²) in [6.45, 7) is -0.409. The lowest BCUT2D eigenvalue weighted by Crippen LogP contribution is -2.28. The summed E-state index contributed by atoms with van der Waals surface area (Å²) in [5.41, 5.74) is -0.454. The van der Waals surface area contributed by atoms with Gasteiger partial charge in [0.1, 0.15) is 6.17 Å². The molecule has 0 saturated carbocycles. The molecule has 0 aliphatic rings. The van der Waals surface area contributed by atoms with Crippen LogP contribution in [-0.4, -0.2) is 76.0 Å². The average molecular weight is 605 g/mol. The Bertz CT molecular complexity index is 1530. The van der Waals surface area contributed by atoms with Crippen LogP contribution in [0.15, 0.2) is 42.9 Å². The summed E-state index contributed by atoms with van der Waals surface area (Å²) in [4.78, 5) is 39.9. The molecule has 226 valence electrons. The number of carbonyl (C=O) groups is 3. The minimum atomic E-state index is -4.54. The van der Waals surface area contributed by atoms with Crippen LogP contribution < -0.4 is 16.0 Å². The maximum absolute atomic E-state index is 14.6. The van der Waals surface area contributed by atoms with Crippen LogP contribution in [-0.2, 0) is 30.5 Å². The number of anilines is 1. The normalized spacial score (nSPS) is 12.0. The smallest absolute Gasteiger partial charge is 0.350 e. The highest BCUT2D eigenvalue weighted by atomic mass is 19.4. The largest absolute Gasteiger partial charge is 0.416 e. The first-order valence-electron chi connectivity index (χ1n) is 12.7. The van der Waals surface area contributed by atoms with Gasteiger partial charge in [0.05, 0.1) is 42.4 Å². The van der Waals surface area contributed by atoms with E-state index in [4.69, 9.17) is 0 Å². The van der Waals surface area contributed by atoms with E-state index in [1.807, 2.05) is 0 Å². The van der Waals surface area contributed by atoms with Gasteiger partial charge in [-0.2, -0.15) is 33.7 Å². The number of H-pyrrole nitrogens is 1. The predicted octanol–water partition coefficient (Wildman–Crippen LogP) is 1.26. The molecule has 4 N–H and O–H groups in total. The van der Waals surface area contributed by atoms with E-state index in [9.17, 15) is 31.9 Å². The standard InChI is InChI=1S/C24H24F4N12O3/c25-15(12-40-13-19(36-39-40)23(43)31-10-17-9-14(5-7-29-17)24(26,27)28)1-2-16-3-4-20(37-34-16)33-21(41)6-8-30-22(42)18-11-32-38-35-18/h3-5,7,9,11,13,15H,1-2,6,8,10,12H2,(H,30,42)(H,31,43)(H,32,35,38)(H,33,37,41). The number of pyridine rings is 1. The topological polar surface area (TPSA) is 198 Å². The van der Waals surface area contributed by atoms with Crippen molar-refractivity contribution >= 4 is 23.5 Å². The molecule has 19 heteroatoms. The molecule has 0 radical (unpaired) electrons. The highest BCUT2D eigenvalue weighted by Crippen LogP contribution is 2.28. The fourth-order valence-corrected chi connectivity index (χ4v) is 3.56. The molecule has 0 fully saturated rings. The van der Waals surface area contributed by atoms with Crippen molar-refractivity contribution in [3.8, 4) is 0 Å². The van der Waals surface area contributed by atoms with Crippen molar-refractivity contribution in [3.05, 3.63) is 71.2 Å². The summed E-state index contributed by atoms with van der Waals surface area (Å²) in [6.07, 6.45) is -2.19. The lowest BCUT2D eigenvalue weighted by molar-refractivity contribution is -0.137. The quantitative estimate of drug-likeness (QED) is 0.161. The molecule has 43 heavy (non-hydrogen) atoms. The first kappa shape index (κ1) is 30.6. The third kappa shape index (κ3) is 9.33. The fraction of sp³-hybridized carbons (Fsp3) is 0.333. The van der Waals surface area contributed by atoms with E-state index in [0.29, 0.717) is 5.69 Å². The maximum Gasteiger partial charge on any atom is 0.416 e. The lowest BCUT2D eigenvalue weighted by Gasteiger charge is -2.08. The third-order valence-electron chi connectivity index (χ3n) is 5.72. The van der Waals surface area contributed by atoms with Crippen LogP contribution in [0.5, 0.6) is 0 Å². The van der Waals surface area contributed by atoms with Crippen molar-refractivity contribution in [2.75, 3.05) is 11.9 Å². The lowest BCUT2D eigenvalue weighted by atomic mass is 10.1. The van der Waals surface area contributed by atoms with Crippen molar-refractivity contribution in [1.29, 1.82) is 0 Å². The average Bonchev–Trinajstić information content (AvgIpc) is 3.68. The summed E-state index contributed by atoms with van der Waals surface area (Å²) in [5.74, 6) is -1.40. The Balaban J connectivity index is 1.16. The van der Waals surface area contributed by atoms with Crippen molar-refractivity contribution in [3.63, 3.8) is 0 Å². The second kappa shape index (κ2) is 14.0.